The van der Waals surface area contributed by atoms with Crippen LogP contribution in [0.5, 0.6) is 5.75 Å². The Balaban J connectivity index is 1.68. The SMILES string of the molecule is NCc1nnc(CC(=O)N[C@H]2Cc3cccc(C(=O)O)c3OB2O)s1. The maximum atomic E-state index is 12.1. The number of carbonyl (C=O) groups is 2. The van der Waals surface area contributed by atoms with E-state index in [0.717, 1.165) is 0 Å². The molecule has 25 heavy (non-hydrogen) atoms. The summed E-state index contributed by atoms with van der Waals surface area (Å²) in [7, 11) is -1.34. The fourth-order valence-electron chi connectivity index (χ4n) is 2.55. The van der Waals surface area contributed by atoms with Gasteiger partial charge in [0, 0.05) is 6.54 Å². The number of aromatic carboxylic acids is 1. The first-order chi connectivity index (χ1) is 12.0. The zero-order valence-electron chi connectivity index (χ0n) is 13.0. The zero-order chi connectivity index (χ0) is 18.0. The van der Waals surface area contributed by atoms with Crippen LogP contribution in [-0.2, 0) is 24.2 Å². The molecule has 2 aromatic rings. The molecule has 0 saturated carbocycles. The van der Waals surface area contributed by atoms with E-state index in [4.69, 9.17) is 10.4 Å². The smallest absolute Gasteiger partial charge is 0.534 e. The third-order valence-corrected chi connectivity index (χ3v) is 4.64. The minimum Gasteiger partial charge on any atom is -0.534 e. The minimum atomic E-state index is -1.34. The molecule has 0 fully saturated rings. The number of carbonyl (C=O) groups excluding carboxylic acids is 1. The van der Waals surface area contributed by atoms with Crippen molar-refractivity contribution in [1.82, 2.24) is 15.5 Å². The standard InChI is InChI=1S/C14H15BN4O5S/c16-6-12-19-18-11(25-12)5-10(20)17-9-4-7-2-1-3-8(14(21)22)13(7)24-15(9)23/h1-3,9,23H,4-6,16H2,(H,17,20)(H,21,22)/t9-/m0/s1. The third kappa shape index (κ3) is 3.78. The van der Waals surface area contributed by atoms with Gasteiger partial charge in [-0.25, -0.2) is 4.79 Å². The number of aromatic nitrogens is 2. The fraction of sp³-hybridized carbons (Fsp3) is 0.286. The van der Waals surface area contributed by atoms with Crippen LogP contribution in [0.25, 0.3) is 0 Å². The molecule has 1 aromatic heterocycles. The van der Waals surface area contributed by atoms with Gasteiger partial charge in [-0.05, 0) is 18.1 Å². The summed E-state index contributed by atoms with van der Waals surface area (Å²) in [4.78, 5) is 23.4. The van der Waals surface area contributed by atoms with Crippen molar-refractivity contribution in [3.8, 4) is 5.75 Å². The van der Waals surface area contributed by atoms with Gasteiger partial charge in [0.05, 0.1) is 17.9 Å². The summed E-state index contributed by atoms with van der Waals surface area (Å²) in [5.41, 5.74) is 6.04. The van der Waals surface area contributed by atoms with E-state index >= 15 is 0 Å². The summed E-state index contributed by atoms with van der Waals surface area (Å²) >= 11 is 1.25. The van der Waals surface area contributed by atoms with Crippen LogP contribution in [0.3, 0.4) is 0 Å². The van der Waals surface area contributed by atoms with E-state index in [1.54, 1.807) is 12.1 Å². The first-order valence-electron chi connectivity index (χ1n) is 7.48. The number of hydrogen-bond donors (Lipinski definition) is 4. The molecule has 130 valence electrons. The highest BCUT2D eigenvalue weighted by molar-refractivity contribution is 7.11. The molecule has 0 saturated heterocycles. The van der Waals surface area contributed by atoms with Crippen LogP contribution < -0.4 is 15.7 Å². The van der Waals surface area contributed by atoms with Gasteiger partial charge in [0.2, 0.25) is 5.91 Å². The summed E-state index contributed by atoms with van der Waals surface area (Å²) in [6.45, 7) is 0.261. The molecule has 11 heteroatoms. The largest absolute Gasteiger partial charge is 0.547 e. The average Bonchev–Trinajstić information content (AvgIpc) is 3.02. The van der Waals surface area contributed by atoms with Gasteiger partial charge < -0.3 is 25.8 Å². The number of fused-ring (bicyclic) bond motifs is 1. The summed E-state index contributed by atoms with van der Waals surface area (Å²) in [6.07, 6.45) is 0.274. The highest BCUT2D eigenvalue weighted by atomic mass is 32.1. The molecular formula is C14H15BN4O5S. The second kappa shape index (κ2) is 7.17. The van der Waals surface area contributed by atoms with Crippen LogP contribution in [-0.4, -0.2) is 45.3 Å². The molecule has 0 aliphatic carbocycles. The monoisotopic (exact) mass is 362 g/mol. The van der Waals surface area contributed by atoms with Crippen molar-refractivity contribution in [2.75, 3.05) is 0 Å². The Hall–Kier alpha value is -2.50. The Morgan fingerprint density at radius 2 is 2.16 bits per heavy atom. The number of carboxylic acids is 1. The van der Waals surface area contributed by atoms with Gasteiger partial charge >= 0.3 is 13.1 Å². The second-order valence-electron chi connectivity index (χ2n) is 5.46. The third-order valence-electron chi connectivity index (χ3n) is 3.69. The Kier molecular flexibility index (Phi) is 4.97. The van der Waals surface area contributed by atoms with Crippen LogP contribution in [0.15, 0.2) is 18.2 Å². The molecule has 0 unspecified atom stereocenters. The molecule has 1 atom stereocenters. The predicted molar refractivity (Wildman–Crippen MR) is 89.1 cm³/mol. The summed E-state index contributed by atoms with van der Waals surface area (Å²) in [6, 6.07) is 4.69. The quantitative estimate of drug-likeness (QED) is 0.514. The zero-order valence-corrected chi connectivity index (χ0v) is 13.8. The highest BCUT2D eigenvalue weighted by Crippen LogP contribution is 2.30. The normalized spacial score (nSPS) is 16.1. The highest BCUT2D eigenvalue weighted by Gasteiger charge is 2.37. The van der Waals surface area contributed by atoms with E-state index in [1.807, 2.05) is 0 Å². The van der Waals surface area contributed by atoms with Gasteiger partial charge in [0.1, 0.15) is 15.8 Å². The van der Waals surface area contributed by atoms with E-state index in [-0.39, 0.29) is 36.6 Å². The lowest BCUT2D eigenvalue weighted by Crippen LogP contribution is -2.53. The molecule has 0 radical (unpaired) electrons. The molecule has 3 rings (SSSR count). The van der Waals surface area contributed by atoms with E-state index < -0.39 is 19.0 Å². The van der Waals surface area contributed by atoms with Gasteiger partial charge in [0.15, 0.2) is 0 Å². The number of rotatable bonds is 5. The lowest BCUT2D eigenvalue weighted by atomic mass is 9.72. The van der Waals surface area contributed by atoms with Crippen molar-refractivity contribution in [1.29, 1.82) is 0 Å². The maximum absolute atomic E-state index is 12.1. The number of carboxylic acid groups (broad SMARTS) is 1. The first-order valence-corrected chi connectivity index (χ1v) is 8.30. The summed E-state index contributed by atoms with van der Waals surface area (Å²) < 4.78 is 5.33. The van der Waals surface area contributed by atoms with Crippen LogP contribution >= 0.6 is 11.3 Å². The Labute approximate surface area is 147 Å². The van der Waals surface area contributed by atoms with E-state index in [1.165, 1.54) is 17.4 Å². The number of para-hydroxylation sites is 1. The fourth-order valence-corrected chi connectivity index (χ4v) is 3.28. The average molecular weight is 362 g/mol. The van der Waals surface area contributed by atoms with Crippen molar-refractivity contribution in [2.24, 2.45) is 5.73 Å². The van der Waals surface area contributed by atoms with Crippen LogP contribution in [0, 0.1) is 0 Å². The second-order valence-corrected chi connectivity index (χ2v) is 6.60. The number of amides is 1. The lowest BCUT2D eigenvalue weighted by molar-refractivity contribution is -0.120. The molecule has 1 aliphatic heterocycles. The summed E-state index contributed by atoms with van der Waals surface area (Å²) in [5.74, 6) is -2.04. The van der Waals surface area contributed by atoms with Crippen molar-refractivity contribution in [2.45, 2.75) is 25.3 Å². The van der Waals surface area contributed by atoms with Crippen LogP contribution in [0.2, 0.25) is 0 Å². The van der Waals surface area contributed by atoms with Crippen molar-refractivity contribution >= 4 is 30.3 Å². The molecule has 9 nitrogen and oxygen atoms in total. The Morgan fingerprint density at radius 1 is 1.40 bits per heavy atom. The van der Waals surface area contributed by atoms with Gasteiger partial charge in [-0.1, -0.05) is 23.5 Å². The van der Waals surface area contributed by atoms with Crippen LogP contribution in [0.1, 0.15) is 25.9 Å². The molecule has 0 bridgehead atoms. The minimum absolute atomic E-state index is 0.0168. The van der Waals surface area contributed by atoms with Crippen molar-refractivity contribution < 1.29 is 24.4 Å². The molecule has 1 aliphatic rings. The first kappa shape index (κ1) is 17.3. The van der Waals surface area contributed by atoms with E-state index in [0.29, 0.717) is 15.6 Å². The van der Waals surface area contributed by atoms with Gasteiger partial charge in [-0.15, -0.1) is 10.2 Å². The van der Waals surface area contributed by atoms with E-state index in [2.05, 4.69) is 15.5 Å². The van der Waals surface area contributed by atoms with Gasteiger partial charge in [-0.3, -0.25) is 4.79 Å². The van der Waals surface area contributed by atoms with Gasteiger partial charge in [0.25, 0.3) is 0 Å². The molecular weight excluding hydrogens is 347 g/mol. The number of nitrogens with one attached hydrogen (secondary N) is 1. The molecule has 1 aromatic carbocycles. The molecule has 5 N–H and O–H groups in total. The molecule has 2 heterocycles. The number of benzene rings is 1. The molecule has 1 amide bonds. The number of nitrogens with zero attached hydrogens (tertiary/aromatic N) is 2. The lowest BCUT2D eigenvalue weighted by Gasteiger charge is -2.28. The predicted octanol–water partition coefficient (Wildman–Crippen LogP) is -0.623. The Bertz CT molecular complexity index is 814. The Morgan fingerprint density at radius 3 is 2.84 bits per heavy atom. The van der Waals surface area contributed by atoms with Gasteiger partial charge in [-0.2, -0.15) is 0 Å². The maximum Gasteiger partial charge on any atom is 0.547 e. The van der Waals surface area contributed by atoms with Crippen molar-refractivity contribution in [3.63, 3.8) is 0 Å². The van der Waals surface area contributed by atoms with Crippen LogP contribution in [0.4, 0.5) is 0 Å². The van der Waals surface area contributed by atoms with E-state index in [9.17, 15) is 19.7 Å². The topological polar surface area (TPSA) is 148 Å². The van der Waals surface area contributed by atoms with Crippen molar-refractivity contribution in [3.05, 3.63) is 39.3 Å². The number of hydrogen-bond acceptors (Lipinski definition) is 8. The summed E-state index contributed by atoms with van der Waals surface area (Å²) in [5, 5.41) is 30.8. The number of nitrogens with two attached hydrogens (primary N) is 1. The molecule has 0 spiro atoms.